The van der Waals surface area contributed by atoms with Crippen LogP contribution >= 0.6 is 0 Å². The highest BCUT2D eigenvalue weighted by Gasteiger charge is 2.14. The summed E-state index contributed by atoms with van der Waals surface area (Å²) in [7, 11) is -3.89. The van der Waals surface area contributed by atoms with Crippen LogP contribution < -0.4 is 9.88 Å². The third kappa shape index (κ3) is 3.99. The van der Waals surface area contributed by atoms with Gasteiger partial charge < -0.3 is 9.84 Å². The fraction of sp³-hybridized carbons (Fsp3) is 0.250. The number of ether oxygens (including phenoxy) is 1. The molecule has 16 heavy (non-hydrogen) atoms. The average Bonchev–Trinajstić information content (AvgIpc) is 2.06. The largest absolute Gasteiger partial charge is 0.508 e. The summed E-state index contributed by atoms with van der Waals surface area (Å²) in [5, 5.41) is 13.9. The van der Waals surface area contributed by atoms with E-state index in [9.17, 15) is 17.2 Å². The lowest BCUT2D eigenvalue weighted by atomic mass is 10.2. The van der Waals surface area contributed by atoms with Gasteiger partial charge in [0.1, 0.15) is 11.5 Å². The second kappa shape index (κ2) is 4.62. The number of rotatable bonds is 4. The smallest absolute Gasteiger partial charge is 0.387 e. The van der Waals surface area contributed by atoms with Crippen molar-refractivity contribution in [2.24, 2.45) is 5.14 Å². The Morgan fingerprint density at radius 2 is 2.06 bits per heavy atom. The van der Waals surface area contributed by atoms with E-state index in [1.165, 1.54) is 0 Å². The van der Waals surface area contributed by atoms with Crippen molar-refractivity contribution in [1.82, 2.24) is 0 Å². The molecule has 0 radical (unpaired) electrons. The molecule has 0 unspecified atom stereocenters. The van der Waals surface area contributed by atoms with Gasteiger partial charge in [-0.3, -0.25) is 0 Å². The zero-order valence-electron chi connectivity index (χ0n) is 7.93. The summed E-state index contributed by atoms with van der Waals surface area (Å²) in [5.74, 6) is -1.29. The molecule has 5 nitrogen and oxygen atoms in total. The third-order valence-electron chi connectivity index (χ3n) is 1.62. The maximum absolute atomic E-state index is 12.0. The van der Waals surface area contributed by atoms with Crippen LogP contribution in [0.1, 0.15) is 5.56 Å². The molecule has 0 aromatic heterocycles. The third-order valence-corrected chi connectivity index (χ3v) is 2.33. The highest BCUT2D eigenvalue weighted by Crippen LogP contribution is 2.26. The van der Waals surface area contributed by atoms with Gasteiger partial charge in [0.15, 0.2) is 0 Å². The average molecular weight is 253 g/mol. The van der Waals surface area contributed by atoms with Gasteiger partial charge >= 0.3 is 6.61 Å². The van der Waals surface area contributed by atoms with E-state index in [1.54, 1.807) is 0 Å². The highest BCUT2D eigenvalue weighted by molar-refractivity contribution is 7.88. The summed E-state index contributed by atoms with van der Waals surface area (Å²) in [6, 6.07) is 3.15. The lowest BCUT2D eigenvalue weighted by Gasteiger charge is -2.10. The summed E-state index contributed by atoms with van der Waals surface area (Å²) in [6.07, 6.45) is 0. The first-order valence-electron chi connectivity index (χ1n) is 4.05. The second-order valence-electron chi connectivity index (χ2n) is 2.98. The van der Waals surface area contributed by atoms with Crippen LogP contribution in [0.5, 0.6) is 11.5 Å². The number of sulfonamides is 1. The number of primary sulfonamides is 1. The molecule has 0 atom stereocenters. The van der Waals surface area contributed by atoms with E-state index in [4.69, 9.17) is 10.2 Å². The molecule has 1 rings (SSSR count). The molecule has 0 amide bonds. The molecule has 0 heterocycles. The molecular weight excluding hydrogens is 244 g/mol. The molecule has 8 heteroatoms. The molecule has 0 aliphatic heterocycles. The zero-order valence-corrected chi connectivity index (χ0v) is 8.75. The van der Waals surface area contributed by atoms with Gasteiger partial charge in [0.05, 0.1) is 5.75 Å². The molecule has 0 saturated heterocycles. The molecule has 1 aromatic rings. The Kier molecular flexibility index (Phi) is 3.66. The lowest BCUT2D eigenvalue weighted by molar-refractivity contribution is -0.0503. The normalized spacial score (nSPS) is 11.8. The first-order chi connectivity index (χ1) is 7.28. The van der Waals surface area contributed by atoms with Crippen LogP contribution in [0.3, 0.4) is 0 Å². The van der Waals surface area contributed by atoms with Crippen LogP contribution in [-0.4, -0.2) is 20.1 Å². The number of hydrogen-bond acceptors (Lipinski definition) is 4. The Bertz CT molecular complexity index is 475. The quantitative estimate of drug-likeness (QED) is 0.829. The van der Waals surface area contributed by atoms with Crippen molar-refractivity contribution in [3.63, 3.8) is 0 Å². The van der Waals surface area contributed by atoms with Crippen molar-refractivity contribution in [1.29, 1.82) is 0 Å². The Balaban J connectivity index is 3.08. The Hall–Kier alpha value is -1.41. The minimum Gasteiger partial charge on any atom is -0.508 e. The first kappa shape index (κ1) is 12.7. The predicted molar refractivity (Wildman–Crippen MR) is 51.6 cm³/mol. The molecular formula is C8H9F2NO4S. The molecule has 0 aliphatic carbocycles. The van der Waals surface area contributed by atoms with Gasteiger partial charge in [-0.2, -0.15) is 8.78 Å². The van der Waals surface area contributed by atoms with Crippen molar-refractivity contribution >= 4 is 10.0 Å². The van der Waals surface area contributed by atoms with Gasteiger partial charge in [0.2, 0.25) is 10.0 Å². The Morgan fingerprint density at radius 1 is 1.44 bits per heavy atom. The monoisotopic (exact) mass is 253 g/mol. The number of phenols is 1. The Morgan fingerprint density at radius 3 is 2.56 bits per heavy atom. The van der Waals surface area contributed by atoms with E-state index in [-0.39, 0.29) is 17.1 Å². The van der Waals surface area contributed by atoms with Gasteiger partial charge in [-0.15, -0.1) is 0 Å². The topological polar surface area (TPSA) is 89.6 Å². The molecule has 1 aromatic carbocycles. The predicted octanol–water partition coefficient (Wildman–Crippen LogP) is 0.782. The SMILES string of the molecule is NS(=O)(=O)Cc1cc(O)ccc1OC(F)F. The number of benzene rings is 1. The van der Waals surface area contributed by atoms with Gasteiger partial charge in [-0.1, -0.05) is 0 Å². The lowest BCUT2D eigenvalue weighted by Crippen LogP contribution is -2.15. The maximum Gasteiger partial charge on any atom is 0.387 e. The Labute approximate surface area is 90.5 Å². The number of hydrogen-bond donors (Lipinski definition) is 2. The molecule has 90 valence electrons. The van der Waals surface area contributed by atoms with E-state index in [0.29, 0.717) is 0 Å². The molecule has 0 bridgehead atoms. The fourth-order valence-corrected chi connectivity index (χ4v) is 1.77. The van der Waals surface area contributed by atoms with E-state index >= 15 is 0 Å². The van der Waals surface area contributed by atoms with Crippen LogP contribution in [0, 0.1) is 0 Å². The van der Waals surface area contributed by atoms with E-state index in [1.807, 2.05) is 0 Å². The standard InChI is InChI=1S/C8H9F2NO4S/c9-8(10)15-7-2-1-6(12)3-5(7)4-16(11,13)14/h1-3,8,12H,4H2,(H2,11,13,14). The molecule has 3 N–H and O–H groups in total. The summed E-state index contributed by atoms with van der Waals surface area (Å²) in [5.41, 5.74) is -0.122. The van der Waals surface area contributed by atoms with Crippen LogP contribution in [0.2, 0.25) is 0 Å². The first-order valence-corrected chi connectivity index (χ1v) is 5.76. The molecule has 0 aliphatic rings. The summed E-state index contributed by atoms with van der Waals surface area (Å²) in [4.78, 5) is 0. The van der Waals surface area contributed by atoms with Crippen molar-refractivity contribution < 1.29 is 27.0 Å². The number of phenolic OH excluding ortho intramolecular Hbond substituents is 1. The van der Waals surface area contributed by atoms with Gasteiger partial charge in [-0.05, 0) is 18.2 Å². The van der Waals surface area contributed by atoms with E-state index in [2.05, 4.69) is 4.74 Å². The van der Waals surface area contributed by atoms with Crippen molar-refractivity contribution in [2.75, 3.05) is 0 Å². The van der Waals surface area contributed by atoms with Crippen LogP contribution in [0.25, 0.3) is 0 Å². The zero-order chi connectivity index (χ0) is 12.3. The summed E-state index contributed by atoms with van der Waals surface area (Å²) in [6.45, 7) is -3.08. The van der Waals surface area contributed by atoms with Crippen LogP contribution in [0.4, 0.5) is 8.78 Å². The van der Waals surface area contributed by atoms with Gasteiger partial charge in [0.25, 0.3) is 0 Å². The number of halogens is 2. The summed E-state index contributed by atoms with van der Waals surface area (Å²) < 4.78 is 49.6. The number of aromatic hydroxyl groups is 1. The minimum absolute atomic E-state index is 0.122. The van der Waals surface area contributed by atoms with Crippen molar-refractivity contribution in [3.05, 3.63) is 23.8 Å². The van der Waals surface area contributed by atoms with Crippen molar-refractivity contribution in [3.8, 4) is 11.5 Å². The van der Waals surface area contributed by atoms with Crippen LogP contribution in [-0.2, 0) is 15.8 Å². The highest BCUT2D eigenvalue weighted by atomic mass is 32.2. The second-order valence-corrected chi connectivity index (χ2v) is 4.59. The van der Waals surface area contributed by atoms with Gasteiger partial charge in [0, 0.05) is 5.56 Å². The molecule has 0 fully saturated rings. The fourth-order valence-electron chi connectivity index (χ4n) is 1.11. The summed E-state index contributed by atoms with van der Waals surface area (Å²) >= 11 is 0. The maximum atomic E-state index is 12.0. The number of nitrogens with two attached hydrogens (primary N) is 1. The molecule has 0 spiro atoms. The van der Waals surface area contributed by atoms with E-state index in [0.717, 1.165) is 18.2 Å². The minimum atomic E-state index is -3.89. The number of alkyl halides is 2. The van der Waals surface area contributed by atoms with Gasteiger partial charge in [-0.25, -0.2) is 13.6 Å². The van der Waals surface area contributed by atoms with Crippen LogP contribution in [0.15, 0.2) is 18.2 Å². The molecule has 0 saturated carbocycles. The van der Waals surface area contributed by atoms with E-state index < -0.39 is 22.4 Å². The van der Waals surface area contributed by atoms with Crippen molar-refractivity contribution in [2.45, 2.75) is 12.4 Å².